The first kappa shape index (κ1) is 23.9. The number of benzene rings is 1. The molecule has 5 rings (SSSR count). The fraction of sp³-hybridized carbons (Fsp3) is 0.231. The third kappa shape index (κ3) is 4.81. The van der Waals surface area contributed by atoms with Crippen LogP contribution in [0, 0.1) is 11.6 Å². The summed E-state index contributed by atoms with van der Waals surface area (Å²) in [6, 6.07) is 7.67. The van der Waals surface area contributed by atoms with Gasteiger partial charge in [-0.05, 0) is 43.5 Å². The minimum Gasteiger partial charge on any atom is -0.348 e. The first-order valence-electron chi connectivity index (χ1n) is 11.6. The molecule has 0 saturated heterocycles. The lowest BCUT2D eigenvalue weighted by atomic mass is 10.00. The second kappa shape index (κ2) is 10.1. The lowest BCUT2D eigenvalue weighted by Gasteiger charge is -2.10. The van der Waals surface area contributed by atoms with Gasteiger partial charge in [0.25, 0.3) is 5.91 Å². The number of nitrogens with one attached hydrogen (secondary N) is 3. The molecule has 1 saturated carbocycles. The number of halogens is 2. The van der Waals surface area contributed by atoms with E-state index in [0.717, 1.165) is 31.1 Å². The Kier molecular flexibility index (Phi) is 6.69. The molecule has 0 aliphatic heterocycles. The van der Waals surface area contributed by atoms with Crippen molar-refractivity contribution in [3.05, 3.63) is 77.4 Å². The first-order chi connectivity index (χ1) is 17.5. The topological polar surface area (TPSA) is 99.8 Å². The fourth-order valence-corrected chi connectivity index (χ4v) is 4.36. The van der Waals surface area contributed by atoms with Gasteiger partial charge >= 0.3 is 0 Å². The number of nitrogens with zero attached hydrogens (tertiary/aromatic N) is 2. The summed E-state index contributed by atoms with van der Waals surface area (Å²) in [5, 5.41) is 3.31. The molecule has 1 aliphatic rings. The van der Waals surface area contributed by atoms with Crippen LogP contribution in [0.2, 0.25) is 0 Å². The van der Waals surface area contributed by atoms with E-state index in [-0.39, 0.29) is 23.2 Å². The normalized spacial score (nSPS) is 13.1. The van der Waals surface area contributed by atoms with Crippen molar-refractivity contribution in [1.82, 2.24) is 20.3 Å². The Balaban J connectivity index is 1.45. The van der Waals surface area contributed by atoms with Crippen LogP contribution in [-0.4, -0.2) is 38.4 Å². The molecular formula is C26H23F2N5O2S. The van der Waals surface area contributed by atoms with Crippen molar-refractivity contribution in [2.45, 2.75) is 32.2 Å². The van der Waals surface area contributed by atoms with Gasteiger partial charge in [0.05, 0.1) is 11.3 Å². The first-order valence-corrected chi connectivity index (χ1v) is 12.6. The molecule has 184 valence electrons. The predicted molar refractivity (Wildman–Crippen MR) is 136 cm³/mol. The number of H-pyrrole nitrogens is 1. The van der Waals surface area contributed by atoms with Crippen LogP contribution in [0.25, 0.3) is 22.2 Å². The van der Waals surface area contributed by atoms with E-state index in [1.807, 2.05) is 6.92 Å². The number of amides is 1. The van der Waals surface area contributed by atoms with Crippen LogP contribution in [0.3, 0.4) is 0 Å². The van der Waals surface area contributed by atoms with Gasteiger partial charge in [0.1, 0.15) is 17.2 Å². The van der Waals surface area contributed by atoms with E-state index in [1.54, 1.807) is 30.6 Å². The third-order valence-corrected chi connectivity index (χ3v) is 6.80. The number of ketones is 1. The predicted octanol–water partition coefficient (Wildman–Crippen LogP) is 5.50. The maximum absolute atomic E-state index is 15.1. The summed E-state index contributed by atoms with van der Waals surface area (Å²) < 4.78 is 32.6. The third-order valence-electron chi connectivity index (χ3n) is 5.82. The molecule has 10 heteroatoms. The lowest BCUT2D eigenvalue weighted by Crippen LogP contribution is -2.26. The molecule has 0 atom stereocenters. The van der Waals surface area contributed by atoms with E-state index < -0.39 is 23.0 Å². The Morgan fingerprint density at radius 2 is 1.92 bits per heavy atom. The molecule has 36 heavy (non-hydrogen) atoms. The minimum atomic E-state index is -0.939. The van der Waals surface area contributed by atoms with Gasteiger partial charge in [0, 0.05) is 52.5 Å². The summed E-state index contributed by atoms with van der Waals surface area (Å²) in [7, 11) is 0. The molecule has 3 N–H and O–H groups in total. The Labute approximate surface area is 210 Å². The summed E-state index contributed by atoms with van der Waals surface area (Å²) >= 11 is 1.28. The van der Waals surface area contributed by atoms with Gasteiger partial charge in [-0.2, -0.15) is 0 Å². The number of rotatable bonds is 9. The smallest absolute Gasteiger partial charge is 0.270 e. The molecule has 7 nitrogen and oxygen atoms in total. The van der Waals surface area contributed by atoms with Crippen molar-refractivity contribution in [3.63, 3.8) is 0 Å². The average Bonchev–Trinajstić information content (AvgIpc) is 3.60. The maximum atomic E-state index is 15.1. The zero-order valence-corrected chi connectivity index (χ0v) is 20.2. The van der Waals surface area contributed by atoms with Gasteiger partial charge in [-0.15, -0.1) is 0 Å². The van der Waals surface area contributed by atoms with Crippen molar-refractivity contribution >= 4 is 40.4 Å². The van der Waals surface area contributed by atoms with Gasteiger partial charge in [-0.1, -0.05) is 24.9 Å². The molecular weight excluding hydrogens is 484 g/mol. The molecule has 1 aromatic carbocycles. The summed E-state index contributed by atoms with van der Waals surface area (Å²) in [5.41, 5.74) is 1.57. The lowest BCUT2D eigenvalue weighted by molar-refractivity contribution is 0.0945. The van der Waals surface area contributed by atoms with Crippen molar-refractivity contribution in [3.8, 4) is 11.1 Å². The van der Waals surface area contributed by atoms with Crippen LogP contribution < -0.4 is 10.0 Å². The van der Waals surface area contributed by atoms with E-state index in [9.17, 15) is 14.0 Å². The van der Waals surface area contributed by atoms with Crippen molar-refractivity contribution < 1.29 is 18.4 Å². The number of pyridine rings is 2. The van der Waals surface area contributed by atoms with E-state index in [1.165, 1.54) is 24.2 Å². The second-order valence-corrected chi connectivity index (χ2v) is 9.47. The quantitative estimate of drug-likeness (QED) is 0.157. The number of carbonyl (C=O) groups is 2. The molecule has 1 aliphatic carbocycles. The van der Waals surface area contributed by atoms with Gasteiger partial charge in [0.15, 0.2) is 5.82 Å². The van der Waals surface area contributed by atoms with E-state index >= 15 is 4.39 Å². The molecule has 1 amide bonds. The summed E-state index contributed by atoms with van der Waals surface area (Å²) in [4.78, 5) is 37.0. The Bertz CT molecular complexity index is 1450. The monoisotopic (exact) mass is 507 g/mol. The van der Waals surface area contributed by atoms with E-state index in [4.69, 9.17) is 0 Å². The van der Waals surface area contributed by atoms with Gasteiger partial charge < -0.3 is 15.0 Å². The zero-order chi connectivity index (χ0) is 25.2. The number of anilines is 1. The Morgan fingerprint density at radius 1 is 1.11 bits per heavy atom. The van der Waals surface area contributed by atoms with Crippen LogP contribution in [0.1, 0.15) is 52.6 Å². The largest absolute Gasteiger partial charge is 0.348 e. The Morgan fingerprint density at radius 3 is 2.64 bits per heavy atom. The number of carbonyl (C=O) groups excluding carboxylic acids is 2. The average molecular weight is 508 g/mol. The summed E-state index contributed by atoms with van der Waals surface area (Å²) in [6.07, 6.45) is 7.41. The summed E-state index contributed by atoms with van der Waals surface area (Å²) in [6.45, 7) is 1.99. The molecule has 0 spiro atoms. The number of aromatic amines is 1. The standard InChI is InChI=1S/C26H23F2N5O2S/c1-2-9-36-33-20-8-6-19(27)22(23(20)28)24(34)18-13-31-25-17(18)10-15(12-30-25)14-3-7-21(29-11-14)26(35)32-16-4-5-16/h3,6-8,10-13,16,33H,2,4-5,9H2,1H3,(H,30,31)(H,32,35). The van der Waals surface area contributed by atoms with Crippen LogP contribution in [0.4, 0.5) is 14.5 Å². The molecule has 0 radical (unpaired) electrons. The number of hydrogen-bond donors (Lipinski definition) is 3. The van der Waals surface area contributed by atoms with Crippen molar-refractivity contribution in [2.75, 3.05) is 10.5 Å². The molecule has 3 aromatic heterocycles. The van der Waals surface area contributed by atoms with Gasteiger partial charge in [-0.3, -0.25) is 14.6 Å². The molecule has 1 fully saturated rings. The van der Waals surface area contributed by atoms with Crippen molar-refractivity contribution in [1.29, 1.82) is 0 Å². The number of aromatic nitrogens is 3. The molecule has 4 aromatic rings. The van der Waals surface area contributed by atoms with Crippen LogP contribution in [0.5, 0.6) is 0 Å². The molecule has 0 unspecified atom stereocenters. The van der Waals surface area contributed by atoms with Crippen LogP contribution in [-0.2, 0) is 0 Å². The maximum Gasteiger partial charge on any atom is 0.270 e. The highest BCUT2D eigenvalue weighted by Gasteiger charge is 2.25. The highest BCUT2D eigenvalue weighted by Crippen LogP contribution is 2.30. The molecule has 0 bridgehead atoms. The minimum absolute atomic E-state index is 0.0498. The van der Waals surface area contributed by atoms with Gasteiger partial charge in [0.2, 0.25) is 5.78 Å². The van der Waals surface area contributed by atoms with Crippen molar-refractivity contribution in [2.24, 2.45) is 0 Å². The second-order valence-electron chi connectivity index (χ2n) is 8.57. The number of hydrogen-bond acceptors (Lipinski definition) is 6. The fourth-order valence-electron chi connectivity index (χ4n) is 3.74. The highest BCUT2D eigenvalue weighted by molar-refractivity contribution is 8.00. The van der Waals surface area contributed by atoms with Crippen LogP contribution >= 0.6 is 11.9 Å². The van der Waals surface area contributed by atoms with E-state index in [0.29, 0.717) is 27.9 Å². The zero-order valence-electron chi connectivity index (χ0n) is 19.4. The van der Waals surface area contributed by atoms with Crippen LogP contribution in [0.15, 0.2) is 48.9 Å². The number of fused-ring (bicyclic) bond motifs is 1. The highest BCUT2D eigenvalue weighted by atomic mass is 32.2. The summed E-state index contributed by atoms with van der Waals surface area (Å²) in [5.74, 6) is -2.15. The molecule has 3 heterocycles. The Hall–Kier alpha value is -3.79. The SMILES string of the molecule is CCCSNc1ccc(F)c(C(=O)c2c[nH]c3ncc(-c4ccc(C(=O)NC5CC5)nc4)cc23)c1F. The van der Waals surface area contributed by atoms with E-state index in [2.05, 4.69) is 25.0 Å². The van der Waals surface area contributed by atoms with Gasteiger partial charge in [-0.25, -0.2) is 13.8 Å².